The molecule has 1 aromatic heterocycles. The maximum absolute atomic E-state index is 9.08. The van der Waals surface area contributed by atoms with E-state index in [2.05, 4.69) is 16.5 Å². The number of benzene rings is 1. The van der Waals surface area contributed by atoms with Crippen LogP contribution in [0.4, 0.5) is 5.82 Å². The molecule has 0 spiro atoms. The lowest BCUT2D eigenvalue weighted by Gasteiger charge is -2.13. The molecule has 0 fully saturated rings. The summed E-state index contributed by atoms with van der Waals surface area (Å²) in [5.74, 6) is 0.681. The first kappa shape index (κ1) is 10.4. The maximum atomic E-state index is 9.08. The number of nitrogens with one attached hydrogen (secondary N) is 1. The summed E-state index contributed by atoms with van der Waals surface area (Å²) in [5.41, 5.74) is 4.50. The Hall–Kier alpha value is -2.12. The Morgan fingerprint density at radius 3 is 2.75 bits per heavy atom. The Labute approximate surface area is 94.1 Å². The zero-order valence-electron chi connectivity index (χ0n) is 9.23. The molecular formula is C12H12N4. The predicted molar refractivity (Wildman–Crippen MR) is 63.8 cm³/mol. The number of fused-ring (bicyclic) bond motifs is 1. The van der Waals surface area contributed by atoms with Gasteiger partial charge < -0.3 is 5.43 Å². The molecule has 1 heterocycles. The van der Waals surface area contributed by atoms with Crippen molar-refractivity contribution in [3.05, 3.63) is 35.9 Å². The van der Waals surface area contributed by atoms with Crippen molar-refractivity contribution < 1.29 is 0 Å². The molecule has 0 saturated heterocycles. The summed E-state index contributed by atoms with van der Waals surface area (Å²) in [7, 11) is 3.76. The number of pyridine rings is 1. The second-order valence-corrected chi connectivity index (χ2v) is 3.69. The van der Waals surface area contributed by atoms with Crippen LogP contribution < -0.4 is 5.43 Å². The third-order valence-electron chi connectivity index (χ3n) is 2.17. The van der Waals surface area contributed by atoms with Crippen LogP contribution in [0.2, 0.25) is 0 Å². The summed E-state index contributed by atoms with van der Waals surface area (Å²) in [6, 6.07) is 11.6. The normalized spacial score (nSPS) is 10.4. The van der Waals surface area contributed by atoms with Crippen LogP contribution in [0.3, 0.4) is 0 Å². The van der Waals surface area contributed by atoms with Crippen molar-refractivity contribution in [2.45, 2.75) is 0 Å². The average Bonchev–Trinajstić information content (AvgIpc) is 2.27. The van der Waals surface area contributed by atoms with Gasteiger partial charge in [0.2, 0.25) is 0 Å². The van der Waals surface area contributed by atoms with E-state index in [0.29, 0.717) is 11.4 Å². The number of rotatable bonds is 2. The van der Waals surface area contributed by atoms with Crippen molar-refractivity contribution in [1.82, 2.24) is 9.99 Å². The minimum Gasteiger partial charge on any atom is -0.304 e. The van der Waals surface area contributed by atoms with Gasteiger partial charge in [0, 0.05) is 25.5 Å². The van der Waals surface area contributed by atoms with Crippen molar-refractivity contribution >= 4 is 16.7 Å². The number of hydrogen-bond donors (Lipinski definition) is 1. The Kier molecular flexibility index (Phi) is 2.71. The van der Waals surface area contributed by atoms with E-state index in [1.54, 1.807) is 11.1 Å². The molecule has 0 atom stereocenters. The van der Waals surface area contributed by atoms with Crippen LogP contribution in [-0.2, 0) is 0 Å². The molecule has 0 aliphatic carbocycles. The Balaban J connectivity index is 2.60. The quantitative estimate of drug-likeness (QED) is 0.773. The maximum Gasteiger partial charge on any atom is 0.142 e. The first-order chi connectivity index (χ1) is 7.70. The third-order valence-corrected chi connectivity index (χ3v) is 2.17. The number of hydrazine groups is 1. The molecule has 1 N–H and O–H groups in total. The highest BCUT2D eigenvalue weighted by Gasteiger charge is 2.04. The van der Waals surface area contributed by atoms with E-state index >= 15 is 0 Å². The van der Waals surface area contributed by atoms with Crippen LogP contribution in [0.1, 0.15) is 5.56 Å². The van der Waals surface area contributed by atoms with Gasteiger partial charge in [-0.1, -0.05) is 18.2 Å². The molecule has 0 unspecified atom stereocenters. The van der Waals surface area contributed by atoms with Crippen LogP contribution in [0.5, 0.6) is 0 Å². The molecule has 0 amide bonds. The monoisotopic (exact) mass is 212 g/mol. The number of hydrogen-bond acceptors (Lipinski definition) is 4. The zero-order chi connectivity index (χ0) is 11.5. The minimum atomic E-state index is 0.634. The van der Waals surface area contributed by atoms with E-state index in [0.717, 1.165) is 10.9 Å². The van der Waals surface area contributed by atoms with E-state index in [1.807, 2.05) is 38.4 Å². The van der Waals surface area contributed by atoms with Crippen LogP contribution in [0.15, 0.2) is 30.3 Å². The van der Waals surface area contributed by atoms with E-state index < -0.39 is 0 Å². The molecule has 4 nitrogen and oxygen atoms in total. The number of para-hydroxylation sites is 1. The fraction of sp³-hybridized carbons (Fsp3) is 0.167. The van der Waals surface area contributed by atoms with Crippen LogP contribution in [0, 0.1) is 11.3 Å². The number of anilines is 1. The smallest absolute Gasteiger partial charge is 0.142 e. The lowest BCUT2D eigenvalue weighted by Crippen LogP contribution is -2.20. The molecule has 0 aliphatic heterocycles. The summed E-state index contributed by atoms with van der Waals surface area (Å²) in [4.78, 5) is 4.42. The van der Waals surface area contributed by atoms with Crippen molar-refractivity contribution in [2.75, 3.05) is 19.5 Å². The van der Waals surface area contributed by atoms with Gasteiger partial charge in [-0.15, -0.1) is 0 Å². The van der Waals surface area contributed by atoms with Gasteiger partial charge >= 0.3 is 0 Å². The first-order valence-electron chi connectivity index (χ1n) is 4.94. The molecule has 0 radical (unpaired) electrons. The summed E-state index contributed by atoms with van der Waals surface area (Å²) >= 11 is 0. The van der Waals surface area contributed by atoms with Gasteiger partial charge in [0.1, 0.15) is 5.82 Å². The van der Waals surface area contributed by atoms with Crippen molar-refractivity contribution in [1.29, 1.82) is 5.26 Å². The van der Waals surface area contributed by atoms with E-state index in [-0.39, 0.29) is 0 Å². The largest absolute Gasteiger partial charge is 0.304 e. The van der Waals surface area contributed by atoms with Crippen molar-refractivity contribution in [3.63, 3.8) is 0 Å². The Morgan fingerprint density at radius 2 is 2.06 bits per heavy atom. The molecule has 2 aromatic rings. The van der Waals surface area contributed by atoms with Crippen LogP contribution >= 0.6 is 0 Å². The van der Waals surface area contributed by atoms with Gasteiger partial charge in [-0.3, -0.25) is 0 Å². The summed E-state index contributed by atoms with van der Waals surface area (Å²) < 4.78 is 0. The lowest BCUT2D eigenvalue weighted by molar-refractivity contribution is 0.492. The minimum absolute atomic E-state index is 0.634. The van der Waals surface area contributed by atoms with Gasteiger partial charge in [0.25, 0.3) is 0 Å². The van der Waals surface area contributed by atoms with Crippen LogP contribution in [-0.4, -0.2) is 24.1 Å². The van der Waals surface area contributed by atoms with Crippen molar-refractivity contribution in [2.24, 2.45) is 0 Å². The Bertz CT molecular complexity index is 554. The zero-order valence-corrected chi connectivity index (χ0v) is 9.23. The van der Waals surface area contributed by atoms with E-state index in [4.69, 9.17) is 5.26 Å². The summed E-state index contributed by atoms with van der Waals surface area (Å²) in [5, 5.41) is 11.7. The third kappa shape index (κ3) is 1.95. The fourth-order valence-corrected chi connectivity index (χ4v) is 1.55. The molecule has 4 heteroatoms. The van der Waals surface area contributed by atoms with Gasteiger partial charge in [0.05, 0.1) is 17.1 Å². The molecule has 1 aromatic carbocycles. The topological polar surface area (TPSA) is 52.0 Å². The van der Waals surface area contributed by atoms with Gasteiger partial charge in [-0.2, -0.15) is 5.26 Å². The molecule has 16 heavy (non-hydrogen) atoms. The van der Waals surface area contributed by atoms with Gasteiger partial charge in [0.15, 0.2) is 0 Å². The molecule has 2 rings (SSSR count). The highest BCUT2D eigenvalue weighted by Crippen LogP contribution is 2.19. The van der Waals surface area contributed by atoms with Gasteiger partial charge in [-0.05, 0) is 6.07 Å². The number of aromatic nitrogens is 1. The second kappa shape index (κ2) is 4.17. The SMILES string of the molecule is CN(C)Nc1cc(C#N)c2ccccc2n1. The first-order valence-corrected chi connectivity index (χ1v) is 4.94. The molecule has 0 saturated carbocycles. The Morgan fingerprint density at radius 1 is 1.31 bits per heavy atom. The van der Waals surface area contributed by atoms with E-state index in [1.165, 1.54) is 0 Å². The van der Waals surface area contributed by atoms with E-state index in [9.17, 15) is 0 Å². The van der Waals surface area contributed by atoms with Crippen molar-refractivity contribution in [3.8, 4) is 6.07 Å². The molecule has 80 valence electrons. The molecule has 0 aliphatic rings. The average molecular weight is 212 g/mol. The summed E-state index contributed by atoms with van der Waals surface area (Å²) in [6.07, 6.45) is 0. The predicted octanol–water partition coefficient (Wildman–Crippen LogP) is 1.99. The molecule has 0 bridgehead atoms. The lowest BCUT2D eigenvalue weighted by atomic mass is 10.1. The second-order valence-electron chi connectivity index (χ2n) is 3.69. The number of nitriles is 1. The standard InChI is InChI=1S/C12H12N4/c1-16(2)15-12-7-9(8-13)10-5-3-4-6-11(10)14-12/h3-7H,1-2H3,(H,14,15). The fourth-order valence-electron chi connectivity index (χ4n) is 1.55. The molecular weight excluding hydrogens is 200 g/mol. The van der Waals surface area contributed by atoms with Gasteiger partial charge in [-0.25, -0.2) is 9.99 Å². The number of nitrogens with zero attached hydrogens (tertiary/aromatic N) is 3. The highest BCUT2D eigenvalue weighted by atomic mass is 15.5. The highest BCUT2D eigenvalue weighted by molar-refractivity contribution is 5.86. The summed E-state index contributed by atoms with van der Waals surface area (Å²) in [6.45, 7) is 0. The van der Waals surface area contributed by atoms with Crippen LogP contribution in [0.25, 0.3) is 10.9 Å².